The van der Waals surface area contributed by atoms with Crippen LogP contribution in [0, 0.1) is 5.82 Å². The van der Waals surface area contributed by atoms with Gasteiger partial charge in [-0.05, 0) is 55.3 Å². The predicted molar refractivity (Wildman–Crippen MR) is 128 cm³/mol. The molecule has 0 unspecified atom stereocenters. The molecule has 1 aromatic heterocycles. The summed E-state index contributed by atoms with van der Waals surface area (Å²) < 4.78 is 46.8. The first kappa shape index (κ1) is 24.7. The molecule has 0 bridgehead atoms. The summed E-state index contributed by atoms with van der Waals surface area (Å²) in [5, 5.41) is 3.28. The van der Waals surface area contributed by atoms with Crippen molar-refractivity contribution in [2.45, 2.75) is 37.1 Å². The zero-order chi connectivity index (χ0) is 23.5. The smallest absolute Gasteiger partial charge is 0.243 e. The third-order valence-corrected chi connectivity index (χ3v) is 7.16. The van der Waals surface area contributed by atoms with Gasteiger partial charge in [-0.15, -0.1) is 0 Å². The van der Waals surface area contributed by atoms with Crippen LogP contribution in [0.3, 0.4) is 0 Å². The molecule has 8 heteroatoms. The fourth-order valence-electron chi connectivity index (χ4n) is 3.51. The highest BCUT2D eigenvalue weighted by atomic mass is 32.2. The minimum atomic E-state index is -3.78. The largest absolute Gasteiger partial charge is 0.496 e. The average molecular weight is 472 g/mol. The summed E-state index contributed by atoms with van der Waals surface area (Å²) in [5.41, 5.74) is 0.783. The number of sulfonamides is 1. The number of pyridine rings is 1. The molecule has 176 valence electrons. The number of hydrogen-bond donors (Lipinski definition) is 1. The molecule has 6 nitrogen and oxygen atoms in total. The van der Waals surface area contributed by atoms with Crippen LogP contribution >= 0.6 is 0 Å². The molecule has 0 aliphatic heterocycles. The molecule has 0 spiro atoms. The van der Waals surface area contributed by atoms with E-state index in [4.69, 9.17) is 4.74 Å². The van der Waals surface area contributed by atoms with Crippen LogP contribution in [0.15, 0.2) is 77.8 Å². The van der Waals surface area contributed by atoms with E-state index in [9.17, 15) is 12.8 Å². The van der Waals surface area contributed by atoms with E-state index < -0.39 is 15.8 Å². The summed E-state index contributed by atoms with van der Waals surface area (Å²) in [4.78, 5) is 4.31. The van der Waals surface area contributed by atoms with Crippen molar-refractivity contribution in [3.05, 3.63) is 84.3 Å². The maximum absolute atomic E-state index is 13.3. The lowest BCUT2D eigenvalue weighted by Gasteiger charge is -2.23. The van der Waals surface area contributed by atoms with E-state index in [1.54, 1.807) is 13.3 Å². The molecule has 0 atom stereocenters. The number of methoxy groups -OCH3 is 1. The highest BCUT2D eigenvalue weighted by Crippen LogP contribution is 2.24. The van der Waals surface area contributed by atoms with Gasteiger partial charge in [0, 0.05) is 31.4 Å². The Balaban J connectivity index is 1.60. The molecule has 2 aromatic carbocycles. The molecule has 0 saturated heterocycles. The fraction of sp³-hybridized carbons (Fsp3) is 0.320. The van der Waals surface area contributed by atoms with E-state index in [1.807, 2.05) is 42.5 Å². The summed E-state index contributed by atoms with van der Waals surface area (Å²) in [5.74, 6) is 1.02. The standard InChI is InChI=1S/C25H30FN3O3S/c1-32-24-11-5-4-10-21(24)20-29(33(30,31)23-15-13-22(26)14-16-23)19-9-3-2-7-17-27-25-12-6-8-18-28-25/h4-6,8,10-16,18H,2-3,7,9,17,19-20H2,1H3,(H,27,28). The van der Waals surface area contributed by atoms with Gasteiger partial charge in [0.25, 0.3) is 0 Å². The minimum absolute atomic E-state index is 0.0818. The van der Waals surface area contributed by atoms with Gasteiger partial charge in [0.1, 0.15) is 17.4 Å². The van der Waals surface area contributed by atoms with Gasteiger partial charge in [0.2, 0.25) is 10.0 Å². The van der Waals surface area contributed by atoms with Gasteiger partial charge in [0.05, 0.1) is 12.0 Å². The highest BCUT2D eigenvalue weighted by molar-refractivity contribution is 7.89. The number of unbranched alkanes of at least 4 members (excludes halogenated alkanes) is 3. The summed E-state index contributed by atoms with van der Waals surface area (Å²) in [6.07, 6.45) is 5.30. The number of nitrogens with zero attached hydrogens (tertiary/aromatic N) is 2. The molecule has 0 amide bonds. The Morgan fingerprint density at radius 3 is 2.39 bits per heavy atom. The van der Waals surface area contributed by atoms with Crippen LogP contribution in [0.25, 0.3) is 0 Å². The highest BCUT2D eigenvalue weighted by Gasteiger charge is 2.25. The molecular weight excluding hydrogens is 441 g/mol. The normalized spacial score (nSPS) is 11.5. The lowest BCUT2D eigenvalue weighted by atomic mass is 10.1. The quantitative estimate of drug-likeness (QED) is 0.352. The van der Waals surface area contributed by atoms with Crippen LogP contribution < -0.4 is 10.1 Å². The Labute approximate surface area is 195 Å². The van der Waals surface area contributed by atoms with Gasteiger partial charge in [0.15, 0.2) is 0 Å². The number of rotatable bonds is 13. The second-order valence-electron chi connectivity index (χ2n) is 7.66. The van der Waals surface area contributed by atoms with Gasteiger partial charge < -0.3 is 10.1 Å². The Morgan fingerprint density at radius 2 is 1.67 bits per heavy atom. The predicted octanol–water partition coefficient (Wildman–Crippen LogP) is 5.09. The fourth-order valence-corrected chi connectivity index (χ4v) is 4.97. The van der Waals surface area contributed by atoms with Crippen LogP contribution in [-0.2, 0) is 16.6 Å². The topological polar surface area (TPSA) is 71.5 Å². The number of aromatic nitrogens is 1. The third kappa shape index (κ3) is 7.27. The number of anilines is 1. The van der Waals surface area contributed by atoms with Crippen molar-refractivity contribution < 1.29 is 17.5 Å². The zero-order valence-corrected chi connectivity index (χ0v) is 19.6. The molecule has 3 rings (SSSR count). The lowest BCUT2D eigenvalue weighted by Crippen LogP contribution is -2.32. The molecule has 1 N–H and O–H groups in total. The van der Waals surface area contributed by atoms with Crippen molar-refractivity contribution in [1.82, 2.24) is 9.29 Å². The lowest BCUT2D eigenvalue weighted by molar-refractivity contribution is 0.372. The van der Waals surface area contributed by atoms with Crippen molar-refractivity contribution in [1.29, 1.82) is 0 Å². The number of halogens is 1. The Bertz CT molecular complexity index is 1090. The van der Waals surface area contributed by atoms with E-state index in [0.717, 1.165) is 43.6 Å². The number of ether oxygens (including phenoxy) is 1. The molecule has 1 heterocycles. The van der Waals surface area contributed by atoms with E-state index in [0.29, 0.717) is 12.3 Å². The molecule has 3 aromatic rings. The van der Waals surface area contributed by atoms with Gasteiger partial charge in [-0.2, -0.15) is 4.31 Å². The maximum Gasteiger partial charge on any atom is 0.243 e. The first-order chi connectivity index (χ1) is 16.0. The molecule has 0 radical (unpaired) electrons. The van der Waals surface area contributed by atoms with Crippen LogP contribution in [-0.4, -0.2) is 37.9 Å². The molecule has 0 saturated carbocycles. The van der Waals surface area contributed by atoms with E-state index in [-0.39, 0.29) is 11.4 Å². The SMILES string of the molecule is COc1ccccc1CN(CCCCCCNc1ccccn1)S(=O)(=O)c1ccc(F)cc1. The van der Waals surface area contributed by atoms with E-state index >= 15 is 0 Å². The molecule has 33 heavy (non-hydrogen) atoms. The Morgan fingerprint density at radius 1 is 0.939 bits per heavy atom. The van der Waals surface area contributed by atoms with Crippen LogP contribution in [0.2, 0.25) is 0 Å². The second kappa shape index (κ2) is 12.3. The monoisotopic (exact) mass is 471 g/mol. The van der Waals surface area contributed by atoms with Gasteiger partial charge >= 0.3 is 0 Å². The molecular formula is C25H30FN3O3S. The van der Waals surface area contributed by atoms with Gasteiger partial charge in [-0.3, -0.25) is 0 Å². The van der Waals surface area contributed by atoms with E-state index in [1.165, 1.54) is 28.6 Å². The molecule has 0 fully saturated rings. The van der Waals surface area contributed by atoms with E-state index in [2.05, 4.69) is 10.3 Å². The van der Waals surface area contributed by atoms with Crippen molar-refractivity contribution in [3.8, 4) is 5.75 Å². The van der Waals surface area contributed by atoms with Crippen LogP contribution in [0.4, 0.5) is 10.2 Å². The Hall–Kier alpha value is -2.97. The average Bonchev–Trinajstić information content (AvgIpc) is 2.83. The second-order valence-corrected chi connectivity index (χ2v) is 9.60. The summed E-state index contributed by atoms with van der Waals surface area (Å²) in [6.45, 7) is 1.37. The number of benzene rings is 2. The summed E-state index contributed by atoms with van der Waals surface area (Å²) >= 11 is 0. The first-order valence-electron chi connectivity index (χ1n) is 11.0. The maximum atomic E-state index is 13.3. The summed E-state index contributed by atoms with van der Waals surface area (Å²) in [6, 6.07) is 18.1. The zero-order valence-electron chi connectivity index (χ0n) is 18.8. The van der Waals surface area contributed by atoms with Gasteiger partial charge in [-0.25, -0.2) is 17.8 Å². The van der Waals surface area contributed by atoms with Crippen molar-refractivity contribution in [2.75, 3.05) is 25.5 Å². The number of hydrogen-bond acceptors (Lipinski definition) is 5. The van der Waals surface area contributed by atoms with Crippen molar-refractivity contribution in [2.24, 2.45) is 0 Å². The van der Waals surface area contributed by atoms with Crippen molar-refractivity contribution in [3.63, 3.8) is 0 Å². The Kier molecular flexibility index (Phi) is 9.21. The summed E-state index contributed by atoms with van der Waals surface area (Å²) in [7, 11) is -2.22. The minimum Gasteiger partial charge on any atom is -0.496 e. The van der Waals surface area contributed by atoms with Crippen molar-refractivity contribution >= 4 is 15.8 Å². The molecule has 0 aliphatic rings. The number of para-hydroxylation sites is 1. The first-order valence-corrected chi connectivity index (χ1v) is 12.5. The third-order valence-electron chi connectivity index (χ3n) is 5.30. The van der Waals surface area contributed by atoms with Crippen LogP contribution in [0.5, 0.6) is 5.75 Å². The van der Waals surface area contributed by atoms with Gasteiger partial charge in [-0.1, -0.05) is 37.1 Å². The number of nitrogens with one attached hydrogen (secondary N) is 1. The van der Waals surface area contributed by atoms with Crippen LogP contribution in [0.1, 0.15) is 31.2 Å². The molecule has 0 aliphatic carbocycles.